The number of nitrogens with zero attached hydrogens (tertiary/aromatic N) is 1. The molecule has 0 saturated heterocycles. The molecule has 1 unspecified atom stereocenters. The van der Waals surface area contributed by atoms with Gasteiger partial charge < -0.3 is 5.32 Å². The van der Waals surface area contributed by atoms with Crippen molar-refractivity contribution >= 4 is 17.5 Å². The Morgan fingerprint density at radius 1 is 1.26 bits per heavy atom. The average molecular weight is 283 g/mol. The van der Waals surface area contributed by atoms with Crippen molar-refractivity contribution in [2.45, 2.75) is 33.2 Å². The first kappa shape index (κ1) is 16.0. The second-order valence-electron chi connectivity index (χ2n) is 4.42. The molecule has 0 bridgehead atoms. The highest BCUT2D eigenvalue weighted by molar-refractivity contribution is 6.31. The summed E-state index contributed by atoms with van der Waals surface area (Å²) in [6.45, 7) is 8.54. The summed E-state index contributed by atoms with van der Waals surface area (Å²) < 4.78 is 0. The number of rotatable bonds is 7. The predicted molar refractivity (Wildman–Crippen MR) is 80.4 cm³/mol. The Morgan fingerprint density at radius 2 is 1.89 bits per heavy atom. The fourth-order valence-corrected chi connectivity index (χ4v) is 2.44. The van der Waals surface area contributed by atoms with E-state index in [1.165, 1.54) is 0 Å². The van der Waals surface area contributed by atoms with Crippen LogP contribution >= 0.6 is 11.6 Å². The second kappa shape index (κ2) is 8.18. The molecule has 0 aliphatic carbocycles. The van der Waals surface area contributed by atoms with Crippen molar-refractivity contribution in [3.8, 4) is 0 Å². The maximum atomic E-state index is 11.5. The third-order valence-corrected chi connectivity index (χ3v) is 3.68. The summed E-state index contributed by atoms with van der Waals surface area (Å²) in [5, 5.41) is 3.72. The van der Waals surface area contributed by atoms with E-state index >= 15 is 0 Å². The van der Waals surface area contributed by atoms with Crippen LogP contribution in [0.1, 0.15) is 38.8 Å². The summed E-state index contributed by atoms with van der Waals surface area (Å²) in [4.78, 5) is 13.8. The average Bonchev–Trinajstić information content (AvgIpc) is 2.44. The quantitative estimate of drug-likeness (QED) is 0.833. The Morgan fingerprint density at radius 3 is 2.42 bits per heavy atom. The number of hydrogen-bond acceptors (Lipinski definition) is 2. The maximum absolute atomic E-state index is 11.5. The van der Waals surface area contributed by atoms with Crippen molar-refractivity contribution in [2.24, 2.45) is 0 Å². The van der Waals surface area contributed by atoms with Gasteiger partial charge in [0.25, 0.3) is 0 Å². The normalized spacial score (nSPS) is 12.5. The summed E-state index contributed by atoms with van der Waals surface area (Å²) in [6, 6.07) is 7.97. The van der Waals surface area contributed by atoms with Crippen molar-refractivity contribution in [3.05, 3.63) is 34.9 Å². The molecule has 0 aromatic heterocycles. The lowest BCUT2D eigenvalue weighted by Crippen LogP contribution is -2.38. The molecule has 0 aliphatic heterocycles. The van der Waals surface area contributed by atoms with E-state index in [-0.39, 0.29) is 11.9 Å². The molecule has 0 aliphatic rings. The van der Waals surface area contributed by atoms with Gasteiger partial charge >= 0.3 is 0 Å². The van der Waals surface area contributed by atoms with Crippen LogP contribution in [0.4, 0.5) is 0 Å². The van der Waals surface area contributed by atoms with Gasteiger partial charge in [0.1, 0.15) is 0 Å². The number of likely N-dealkylation sites (N-methyl/N-ethyl adjacent to an activating group) is 1. The van der Waals surface area contributed by atoms with E-state index in [4.69, 9.17) is 11.6 Å². The van der Waals surface area contributed by atoms with Gasteiger partial charge in [-0.05, 0) is 24.7 Å². The van der Waals surface area contributed by atoms with Gasteiger partial charge in [0.15, 0.2) is 0 Å². The van der Waals surface area contributed by atoms with Crippen molar-refractivity contribution in [1.29, 1.82) is 0 Å². The summed E-state index contributed by atoms with van der Waals surface area (Å²) in [5.74, 6) is 0.0733. The number of amides is 1. The molecule has 106 valence electrons. The molecule has 1 aromatic rings. The monoisotopic (exact) mass is 282 g/mol. The van der Waals surface area contributed by atoms with E-state index in [0.29, 0.717) is 13.0 Å². The Hall–Kier alpha value is -1.06. The van der Waals surface area contributed by atoms with Crippen LogP contribution in [0.25, 0.3) is 0 Å². The lowest BCUT2D eigenvalue weighted by Gasteiger charge is -2.30. The van der Waals surface area contributed by atoms with Crippen LogP contribution in [0, 0.1) is 0 Å². The van der Waals surface area contributed by atoms with Crippen molar-refractivity contribution < 1.29 is 4.79 Å². The molecule has 1 N–H and O–H groups in total. The summed E-state index contributed by atoms with van der Waals surface area (Å²) in [5.41, 5.74) is 1.07. The molecule has 0 radical (unpaired) electrons. The highest BCUT2D eigenvalue weighted by atomic mass is 35.5. The molecule has 1 atom stereocenters. The predicted octanol–water partition coefficient (Wildman–Crippen LogP) is 3.25. The lowest BCUT2D eigenvalue weighted by molar-refractivity contribution is -0.121. The van der Waals surface area contributed by atoms with Crippen molar-refractivity contribution in [3.63, 3.8) is 0 Å². The molecular formula is C15H23ClN2O. The molecule has 19 heavy (non-hydrogen) atoms. The largest absolute Gasteiger partial charge is 0.354 e. The highest BCUT2D eigenvalue weighted by Gasteiger charge is 2.20. The number of carbonyl (C=O) groups is 1. The minimum atomic E-state index is 0.0733. The SMILES string of the molecule is CCC(=O)NCC(c1ccccc1Cl)N(CC)CC. The van der Waals surface area contributed by atoms with Gasteiger partial charge in [-0.1, -0.05) is 50.6 Å². The van der Waals surface area contributed by atoms with Gasteiger partial charge in [-0.3, -0.25) is 9.69 Å². The van der Waals surface area contributed by atoms with Gasteiger partial charge in [-0.2, -0.15) is 0 Å². The van der Waals surface area contributed by atoms with E-state index in [0.717, 1.165) is 23.7 Å². The Kier molecular flexibility index (Phi) is 6.89. The standard InChI is InChI=1S/C15H23ClN2O/c1-4-15(19)17-11-14(18(5-2)6-3)12-9-7-8-10-13(12)16/h7-10,14H,4-6,11H2,1-3H3,(H,17,19). The van der Waals surface area contributed by atoms with E-state index in [2.05, 4.69) is 24.1 Å². The van der Waals surface area contributed by atoms with Crippen LogP contribution in [0.2, 0.25) is 5.02 Å². The fourth-order valence-electron chi connectivity index (χ4n) is 2.18. The summed E-state index contributed by atoms with van der Waals surface area (Å²) in [7, 11) is 0. The van der Waals surface area contributed by atoms with E-state index in [9.17, 15) is 4.79 Å². The fraction of sp³-hybridized carbons (Fsp3) is 0.533. The molecule has 0 spiro atoms. The third kappa shape index (κ3) is 4.51. The first-order valence-electron chi connectivity index (χ1n) is 6.89. The Balaban J connectivity index is 2.92. The van der Waals surface area contributed by atoms with Crippen molar-refractivity contribution in [2.75, 3.05) is 19.6 Å². The van der Waals surface area contributed by atoms with Crippen molar-refractivity contribution in [1.82, 2.24) is 10.2 Å². The van der Waals surface area contributed by atoms with Crippen LogP contribution < -0.4 is 5.32 Å². The molecule has 0 heterocycles. The van der Waals surface area contributed by atoms with Crippen LogP contribution in [0.3, 0.4) is 0 Å². The molecule has 0 saturated carbocycles. The summed E-state index contributed by atoms with van der Waals surface area (Å²) in [6.07, 6.45) is 0.507. The minimum Gasteiger partial charge on any atom is -0.354 e. The molecule has 1 amide bonds. The number of hydrogen-bond donors (Lipinski definition) is 1. The molecule has 1 aromatic carbocycles. The zero-order valence-electron chi connectivity index (χ0n) is 11.9. The van der Waals surface area contributed by atoms with Gasteiger partial charge in [-0.15, -0.1) is 0 Å². The second-order valence-corrected chi connectivity index (χ2v) is 4.82. The molecular weight excluding hydrogens is 260 g/mol. The third-order valence-electron chi connectivity index (χ3n) is 3.33. The maximum Gasteiger partial charge on any atom is 0.219 e. The van der Waals surface area contributed by atoms with Crippen LogP contribution in [-0.2, 0) is 4.79 Å². The number of nitrogens with one attached hydrogen (secondary N) is 1. The van der Waals surface area contributed by atoms with Gasteiger partial charge in [-0.25, -0.2) is 0 Å². The molecule has 0 fully saturated rings. The van der Waals surface area contributed by atoms with Gasteiger partial charge in [0.05, 0.1) is 6.04 Å². The Labute approximate surface area is 120 Å². The minimum absolute atomic E-state index is 0.0733. The van der Waals surface area contributed by atoms with Crippen LogP contribution in [0.5, 0.6) is 0 Å². The van der Waals surface area contributed by atoms with Crippen LogP contribution in [-0.4, -0.2) is 30.4 Å². The highest BCUT2D eigenvalue weighted by Crippen LogP contribution is 2.26. The molecule has 3 nitrogen and oxygen atoms in total. The number of carbonyl (C=O) groups excluding carboxylic acids is 1. The zero-order chi connectivity index (χ0) is 14.3. The smallest absolute Gasteiger partial charge is 0.219 e. The number of benzene rings is 1. The Bertz CT molecular complexity index is 405. The topological polar surface area (TPSA) is 32.3 Å². The number of halogens is 1. The molecule has 1 rings (SSSR count). The zero-order valence-corrected chi connectivity index (χ0v) is 12.7. The van der Waals surface area contributed by atoms with Gasteiger partial charge in [0.2, 0.25) is 5.91 Å². The van der Waals surface area contributed by atoms with E-state index in [1.54, 1.807) is 0 Å². The first-order chi connectivity index (χ1) is 9.13. The van der Waals surface area contributed by atoms with Crippen LogP contribution in [0.15, 0.2) is 24.3 Å². The van der Waals surface area contributed by atoms with Gasteiger partial charge in [0, 0.05) is 18.0 Å². The van der Waals surface area contributed by atoms with E-state index in [1.807, 2.05) is 31.2 Å². The van der Waals surface area contributed by atoms with E-state index < -0.39 is 0 Å². The summed E-state index contributed by atoms with van der Waals surface area (Å²) >= 11 is 6.29. The molecule has 4 heteroatoms. The lowest BCUT2D eigenvalue weighted by atomic mass is 10.0. The first-order valence-corrected chi connectivity index (χ1v) is 7.26.